The van der Waals surface area contributed by atoms with Gasteiger partial charge in [-0.3, -0.25) is 4.79 Å². The topological polar surface area (TPSA) is 66.5 Å². The first-order chi connectivity index (χ1) is 11.7. The predicted molar refractivity (Wildman–Crippen MR) is 84.1 cm³/mol. The van der Waals surface area contributed by atoms with Gasteiger partial charge in [-0.2, -0.15) is 17.5 Å². The molecule has 0 aromatic heterocycles. The number of carbonyl (C=O) groups excluding carboxylic acids is 1. The Morgan fingerprint density at radius 3 is 2.32 bits per heavy atom. The number of piperidine rings is 1. The first kappa shape index (κ1) is 18.2. The number of alkyl halides is 3. The summed E-state index contributed by atoms with van der Waals surface area (Å²) in [4.78, 5) is 11.7. The summed E-state index contributed by atoms with van der Waals surface area (Å²) >= 11 is 0. The molecule has 2 aliphatic rings. The van der Waals surface area contributed by atoms with Gasteiger partial charge in [0.15, 0.2) is 0 Å². The van der Waals surface area contributed by atoms with E-state index in [2.05, 4.69) is 5.32 Å². The minimum absolute atomic E-state index is 0.0568. The SMILES string of the molecule is O=C(NC1CC1)C1CCN(S(=O)(=O)c2cccc(C(F)(F)F)c2)CC1. The van der Waals surface area contributed by atoms with Crippen molar-refractivity contribution in [3.05, 3.63) is 29.8 Å². The van der Waals surface area contributed by atoms with E-state index < -0.39 is 21.8 Å². The monoisotopic (exact) mass is 376 g/mol. The molecule has 1 aliphatic heterocycles. The second kappa shape index (κ2) is 6.60. The van der Waals surface area contributed by atoms with Crippen molar-refractivity contribution in [3.8, 4) is 0 Å². The predicted octanol–water partition coefficient (Wildman–Crippen LogP) is 2.38. The van der Waals surface area contributed by atoms with E-state index in [4.69, 9.17) is 0 Å². The van der Waals surface area contributed by atoms with Crippen molar-refractivity contribution in [2.45, 2.75) is 42.8 Å². The van der Waals surface area contributed by atoms with Crippen molar-refractivity contribution in [1.29, 1.82) is 0 Å². The molecule has 3 rings (SSSR count). The number of halogens is 3. The lowest BCUT2D eigenvalue weighted by Gasteiger charge is -2.30. The number of benzene rings is 1. The molecule has 0 radical (unpaired) electrons. The summed E-state index contributed by atoms with van der Waals surface area (Å²) in [5.41, 5.74) is -0.993. The van der Waals surface area contributed by atoms with Crippen molar-refractivity contribution in [2.75, 3.05) is 13.1 Å². The lowest BCUT2D eigenvalue weighted by Crippen LogP contribution is -2.43. The number of amides is 1. The van der Waals surface area contributed by atoms with Crippen LogP contribution in [0.3, 0.4) is 0 Å². The van der Waals surface area contributed by atoms with E-state index in [1.807, 2.05) is 0 Å². The van der Waals surface area contributed by atoms with E-state index >= 15 is 0 Å². The van der Waals surface area contributed by atoms with Crippen LogP contribution in [0.4, 0.5) is 13.2 Å². The van der Waals surface area contributed by atoms with E-state index in [0.717, 1.165) is 35.3 Å². The van der Waals surface area contributed by atoms with Gasteiger partial charge < -0.3 is 5.32 Å². The highest BCUT2D eigenvalue weighted by atomic mass is 32.2. The standard InChI is InChI=1S/C16H19F3N2O3S/c17-16(18,19)12-2-1-3-14(10-12)25(23,24)21-8-6-11(7-9-21)15(22)20-13-4-5-13/h1-3,10-11,13H,4-9H2,(H,20,22). The Labute approximate surface area is 144 Å². The normalized spacial score (nSPS) is 20.4. The Bertz CT molecular complexity index is 752. The fourth-order valence-electron chi connectivity index (χ4n) is 2.89. The molecule has 1 N–H and O–H groups in total. The van der Waals surface area contributed by atoms with Crippen molar-refractivity contribution < 1.29 is 26.4 Å². The Balaban J connectivity index is 1.68. The summed E-state index contributed by atoms with van der Waals surface area (Å²) in [5.74, 6) is -0.299. The summed E-state index contributed by atoms with van der Waals surface area (Å²) < 4.78 is 64.7. The minimum atomic E-state index is -4.60. The number of hydrogen-bond acceptors (Lipinski definition) is 3. The van der Waals surface area contributed by atoms with Gasteiger partial charge in [-0.15, -0.1) is 0 Å². The number of nitrogens with one attached hydrogen (secondary N) is 1. The van der Waals surface area contributed by atoms with Crippen LogP contribution < -0.4 is 5.32 Å². The first-order valence-electron chi connectivity index (χ1n) is 8.16. The highest BCUT2D eigenvalue weighted by Gasteiger charge is 2.36. The molecule has 25 heavy (non-hydrogen) atoms. The summed E-state index contributed by atoms with van der Waals surface area (Å²) in [7, 11) is -4.00. The van der Waals surface area contributed by atoms with Gasteiger partial charge in [0.2, 0.25) is 15.9 Å². The van der Waals surface area contributed by atoms with Crippen molar-refractivity contribution in [2.24, 2.45) is 5.92 Å². The Morgan fingerprint density at radius 2 is 1.76 bits per heavy atom. The number of hydrogen-bond donors (Lipinski definition) is 1. The smallest absolute Gasteiger partial charge is 0.353 e. The summed E-state index contributed by atoms with van der Waals surface area (Å²) in [5, 5.41) is 2.90. The maximum atomic E-state index is 12.8. The Hall–Kier alpha value is -1.61. The third-order valence-corrected chi connectivity index (χ3v) is 6.44. The molecule has 1 heterocycles. The Kier molecular flexibility index (Phi) is 4.80. The van der Waals surface area contributed by atoms with E-state index in [1.165, 1.54) is 0 Å². The van der Waals surface area contributed by atoms with Crippen LogP contribution in [-0.2, 0) is 21.0 Å². The fourth-order valence-corrected chi connectivity index (χ4v) is 4.40. The average molecular weight is 376 g/mol. The van der Waals surface area contributed by atoms with Crippen LogP contribution in [0.2, 0.25) is 0 Å². The average Bonchev–Trinajstić information content (AvgIpc) is 3.38. The third kappa shape index (κ3) is 4.14. The fraction of sp³-hybridized carbons (Fsp3) is 0.562. The molecule has 5 nitrogen and oxygen atoms in total. The van der Waals surface area contributed by atoms with Gasteiger partial charge in [-0.1, -0.05) is 6.07 Å². The van der Waals surface area contributed by atoms with E-state index in [-0.39, 0.29) is 35.9 Å². The zero-order valence-electron chi connectivity index (χ0n) is 13.4. The Morgan fingerprint density at radius 1 is 1.12 bits per heavy atom. The highest BCUT2D eigenvalue weighted by molar-refractivity contribution is 7.89. The van der Waals surface area contributed by atoms with Gasteiger partial charge in [0.1, 0.15) is 0 Å². The zero-order chi connectivity index (χ0) is 18.2. The van der Waals surface area contributed by atoms with Gasteiger partial charge in [0.05, 0.1) is 10.5 Å². The van der Waals surface area contributed by atoms with Crippen LogP contribution in [0.5, 0.6) is 0 Å². The zero-order valence-corrected chi connectivity index (χ0v) is 14.2. The lowest BCUT2D eigenvalue weighted by molar-refractivity contribution is -0.137. The molecule has 1 amide bonds. The molecule has 9 heteroatoms. The molecular formula is C16H19F3N2O3S. The van der Waals surface area contributed by atoms with Crippen molar-refractivity contribution >= 4 is 15.9 Å². The molecule has 1 aromatic rings. The molecule has 0 unspecified atom stereocenters. The molecule has 1 saturated heterocycles. The maximum absolute atomic E-state index is 12.8. The number of nitrogens with zero attached hydrogens (tertiary/aromatic N) is 1. The number of rotatable bonds is 4. The third-order valence-electron chi connectivity index (χ3n) is 4.55. The molecule has 1 aromatic carbocycles. The maximum Gasteiger partial charge on any atom is 0.416 e. The number of sulfonamides is 1. The van der Waals surface area contributed by atoms with Crippen LogP contribution in [0, 0.1) is 5.92 Å². The minimum Gasteiger partial charge on any atom is -0.353 e. The molecule has 138 valence electrons. The van der Waals surface area contributed by atoms with Gasteiger partial charge in [-0.25, -0.2) is 8.42 Å². The van der Waals surface area contributed by atoms with Crippen LogP contribution in [0.1, 0.15) is 31.2 Å². The molecule has 0 spiro atoms. The molecule has 1 aliphatic carbocycles. The summed E-state index contributed by atoms with van der Waals surface area (Å²) in [6, 6.07) is 4.00. The van der Waals surface area contributed by atoms with E-state index in [0.29, 0.717) is 18.9 Å². The summed E-state index contributed by atoms with van der Waals surface area (Å²) in [6.07, 6.45) is -1.89. The first-order valence-corrected chi connectivity index (χ1v) is 9.60. The quantitative estimate of drug-likeness (QED) is 0.878. The lowest BCUT2D eigenvalue weighted by atomic mass is 9.97. The molecule has 0 bridgehead atoms. The molecule has 1 saturated carbocycles. The molecule has 0 atom stereocenters. The largest absolute Gasteiger partial charge is 0.416 e. The second-order valence-electron chi connectivity index (χ2n) is 6.49. The van der Waals surface area contributed by atoms with Crippen LogP contribution in [-0.4, -0.2) is 37.8 Å². The molecule has 2 fully saturated rings. The van der Waals surface area contributed by atoms with Crippen LogP contribution in [0.15, 0.2) is 29.2 Å². The summed E-state index contributed by atoms with van der Waals surface area (Å²) in [6.45, 7) is 0.253. The van der Waals surface area contributed by atoms with Gasteiger partial charge >= 0.3 is 6.18 Å². The van der Waals surface area contributed by atoms with Gasteiger partial charge in [-0.05, 0) is 43.9 Å². The van der Waals surface area contributed by atoms with E-state index in [1.54, 1.807) is 0 Å². The van der Waals surface area contributed by atoms with Gasteiger partial charge in [0, 0.05) is 25.0 Å². The highest BCUT2D eigenvalue weighted by Crippen LogP contribution is 2.32. The van der Waals surface area contributed by atoms with Crippen LogP contribution >= 0.6 is 0 Å². The van der Waals surface area contributed by atoms with E-state index in [9.17, 15) is 26.4 Å². The second-order valence-corrected chi connectivity index (χ2v) is 8.42. The van der Waals surface area contributed by atoms with Crippen molar-refractivity contribution in [3.63, 3.8) is 0 Å². The molecular weight excluding hydrogens is 357 g/mol. The van der Waals surface area contributed by atoms with Crippen molar-refractivity contribution in [1.82, 2.24) is 9.62 Å². The van der Waals surface area contributed by atoms with Gasteiger partial charge in [0.25, 0.3) is 0 Å². The van der Waals surface area contributed by atoms with Crippen LogP contribution in [0.25, 0.3) is 0 Å². The number of carbonyl (C=O) groups is 1.